The minimum atomic E-state index is -0.926. The normalized spacial score (nSPS) is 10.3. The highest BCUT2D eigenvalue weighted by molar-refractivity contribution is 5.41. The number of hydrogen-bond acceptors (Lipinski definition) is 5. The van der Waals surface area contributed by atoms with Crippen LogP contribution >= 0.6 is 0 Å². The Bertz CT molecular complexity index is 604. The Hall–Kier alpha value is -2.58. The lowest BCUT2D eigenvalue weighted by Gasteiger charge is -1.99. The molecule has 0 atom stereocenters. The summed E-state index contributed by atoms with van der Waals surface area (Å²) in [6, 6.07) is 2.85. The predicted molar refractivity (Wildman–Crippen MR) is 48.6 cm³/mol. The standard InChI is InChI=1S/C7H4FN5O3/c8-5-3-4(13(15)16)1-2-6(5)12-7(14)9-10-11-12/h1-3H,(H,9,11,14). The number of H-pyrrole nitrogens is 1. The first-order valence-corrected chi connectivity index (χ1v) is 4.04. The van der Waals surface area contributed by atoms with Gasteiger partial charge >= 0.3 is 5.69 Å². The smallest absolute Gasteiger partial charge is 0.258 e. The van der Waals surface area contributed by atoms with Gasteiger partial charge in [0.2, 0.25) is 0 Å². The van der Waals surface area contributed by atoms with Gasteiger partial charge in [-0.3, -0.25) is 10.1 Å². The van der Waals surface area contributed by atoms with Gasteiger partial charge in [-0.25, -0.2) is 14.3 Å². The van der Waals surface area contributed by atoms with E-state index in [0.717, 1.165) is 12.1 Å². The Morgan fingerprint density at radius 3 is 2.75 bits per heavy atom. The zero-order chi connectivity index (χ0) is 11.7. The highest BCUT2D eigenvalue weighted by atomic mass is 19.1. The number of aromatic nitrogens is 4. The Balaban J connectivity index is 2.57. The maximum Gasteiger partial charge on any atom is 0.365 e. The van der Waals surface area contributed by atoms with E-state index in [0.29, 0.717) is 10.7 Å². The third-order valence-electron chi connectivity index (χ3n) is 1.84. The van der Waals surface area contributed by atoms with E-state index in [1.165, 1.54) is 0 Å². The molecule has 0 saturated carbocycles. The third kappa shape index (κ3) is 1.54. The van der Waals surface area contributed by atoms with Crippen LogP contribution < -0.4 is 5.69 Å². The second-order valence-electron chi connectivity index (χ2n) is 2.81. The van der Waals surface area contributed by atoms with Crippen molar-refractivity contribution < 1.29 is 9.31 Å². The maximum atomic E-state index is 13.4. The lowest BCUT2D eigenvalue weighted by atomic mass is 10.3. The van der Waals surface area contributed by atoms with Gasteiger partial charge < -0.3 is 0 Å². The molecule has 1 heterocycles. The average molecular weight is 225 g/mol. The van der Waals surface area contributed by atoms with Crippen LogP contribution in [0.2, 0.25) is 0 Å². The largest absolute Gasteiger partial charge is 0.365 e. The summed E-state index contributed by atoms with van der Waals surface area (Å²) in [6.07, 6.45) is 0. The van der Waals surface area contributed by atoms with E-state index in [4.69, 9.17) is 0 Å². The van der Waals surface area contributed by atoms with Crippen molar-refractivity contribution in [2.24, 2.45) is 0 Å². The fourth-order valence-corrected chi connectivity index (χ4v) is 1.14. The number of nitrogens with zero attached hydrogens (tertiary/aromatic N) is 4. The average Bonchev–Trinajstić information content (AvgIpc) is 2.64. The van der Waals surface area contributed by atoms with E-state index >= 15 is 0 Å². The summed E-state index contributed by atoms with van der Waals surface area (Å²) in [5, 5.41) is 18.8. The summed E-state index contributed by atoms with van der Waals surface area (Å²) in [5.74, 6) is -0.926. The number of nitro benzene ring substituents is 1. The molecule has 9 heteroatoms. The van der Waals surface area contributed by atoms with Gasteiger partial charge in [-0.2, -0.15) is 4.68 Å². The summed E-state index contributed by atoms with van der Waals surface area (Å²) in [7, 11) is 0. The van der Waals surface area contributed by atoms with Crippen LogP contribution in [0.1, 0.15) is 0 Å². The Morgan fingerprint density at radius 1 is 1.50 bits per heavy atom. The van der Waals surface area contributed by atoms with Crippen molar-refractivity contribution in [2.45, 2.75) is 0 Å². The van der Waals surface area contributed by atoms with Crippen LogP contribution in [0.5, 0.6) is 0 Å². The van der Waals surface area contributed by atoms with Crippen molar-refractivity contribution in [3.05, 3.63) is 44.6 Å². The Kier molecular flexibility index (Phi) is 2.20. The zero-order valence-corrected chi connectivity index (χ0v) is 7.62. The molecule has 0 unspecified atom stereocenters. The first kappa shape index (κ1) is 9.96. The van der Waals surface area contributed by atoms with Crippen molar-refractivity contribution in [1.82, 2.24) is 20.2 Å². The number of benzene rings is 1. The topological polar surface area (TPSA) is 107 Å². The van der Waals surface area contributed by atoms with Crippen molar-refractivity contribution in [2.75, 3.05) is 0 Å². The van der Waals surface area contributed by atoms with E-state index in [-0.39, 0.29) is 5.69 Å². The molecular formula is C7H4FN5O3. The molecule has 0 aliphatic rings. The highest BCUT2D eigenvalue weighted by Gasteiger charge is 2.14. The van der Waals surface area contributed by atoms with Crippen LogP contribution in [-0.2, 0) is 0 Å². The molecule has 0 aliphatic carbocycles. The van der Waals surface area contributed by atoms with E-state index in [9.17, 15) is 19.3 Å². The van der Waals surface area contributed by atoms with Crippen LogP contribution in [0.15, 0.2) is 23.0 Å². The molecule has 0 radical (unpaired) electrons. The van der Waals surface area contributed by atoms with Crippen LogP contribution in [0, 0.1) is 15.9 Å². The van der Waals surface area contributed by atoms with Crippen LogP contribution in [-0.4, -0.2) is 25.1 Å². The molecule has 0 spiro atoms. The second kappa shape index (κ2) is 3.53. The summed E-state index contributed by atoms with van der Waals surface area (Å²) in [5.41, 5.74) is -1.34. The monoisotopic (exact) mass is 225 g/mol. The first-order valence-electron chi connectivity index (χ1n) is 4.04. The molecule has 1 N–H and O–H groups in total. The van der Waals surface area contributed by atoms with Crippen LogP contribution in [0.4, 0.5) is 10.1 Å². The van der Waals surface area contributed by atoms with Gasteiger partial charge in [-0.05, 0) is 16.5 Å². The van der Waals surface area contributed by atoms with Gasteiger partial charge in [-0.15, -0.1) is 0 Å². The van der Waals surface area contributed by atoms with Crippen molar-refractivity contribution >= 4 is 5.69 Å². The molecule has 16 heavy (non-hydrogen) atoms. The molecule has 0 bridgehead atoms. The fraction of sp³-hybridized carbons (Fsp3) is 0. The SMILES string of the molecule is O=c1[nH]nnn1-c1ccc([N+](=O)[O-])cc1F. The molecule has 1 aromatic carbocycles. The van der Waals surface area contributed by atoms with Crippen LogP contribution in [0.25, 0.3) is 5.69 Å². The summed E-state index contributed by atoms with van der Waals surface area (Å²) >= 11 is 0. The third-order valence-corrected chi connectivity index (χ3v) is 1.84. The highest BCUT2D eigenvalue weighted by Crippen LogP contribution is 2.17. The number of halogens is 1. The number of non-ortho nitro benzene ring substituents is 1. The minimum absolute atomic E-state index is 0.204. The number of hydrogen-bond donors (Lipinski definition) is 1. The van der Waals surface area contributed by atoms with E-state index < -0.39 is 22.1 Å². The molecule has 0 saturated heterocycles. The number of nitrogens with one attached hydrogen (secondary N) is 1. The fourth-order valence-electron chi connectivity index (χ4n) is 1.14. The predicted octanol–water partition coefficient (Wildman–Crippen LogP) is 0.00290. The quantitative estimate of drug-likeness (QED) is 0.571. The maximum absolute atomic E-state index is 13.4. The summed E-state index contributed by atoms with van der Waals surface area (Å²) < 4.78 is 14.1. The second-order valence-corrected chi connectivity index (χ2v) is 2.81. The minimum Gasteiger partial charge on any atom is -0.258 e. The molecule has 8 nitrogen and oxygen atoms in total. The molecule has 0 amide bonds. The van der Waals surface area contributed by atoms with Crippen molar-refractivity contribution in [1.29, 1.82) is 0 Å². The number of rotatable bonds is 2. The number of aromatic amines is 1. The van der Waals surface area contributed by atoms with Gasteiger partial charge in [0.1, 0.15) is 5.69 Å². The molecule has 0 aliphatic heterocycles. The molecule has 82 valence electrons. The first-order chi connectivity index (χ1) is 7.59. The summed E-state index contributed by atoms with van der Waals surface area (Å²) in [6.45, 7) is 0. The van der Waals surface area contributed by atoms with E-state index in [2.05, 4.69) is 10.4 Å². The van der Waals surface area contributed by atoms with Crippen LogP contribution in [0.3, 0.4) is 0 Å². The lowest BCUT2D eigenvalue weighted by Crippen LogP contribution is -2.17. The van der Waals surface area contributed by atoms with Crippen molar-refractivity contribution in [3.8, 4) is 5.69 Å². The molecule has 2 rings (SSSR count). The molecule has 0 fully saturated rings. The molecule has 2 aromatic rings. The Morgan fingerprint density at radius 2 is 2.25 bits per heavy atom. The van der Waals surface area contributed by atoms with E-state index in [1.54, 1.807) is 0 Å². The van der Waals surface area contributed by atoms with E-state index in [1.807, 2.05) is 5.10 Å². The summed E-state index contributed by atoms with van der Waals surface area (Å²) in [4.78, 5) is 20.7. The lowest BCUT2D eigenvalue weighted by molar-refractivity contribution is -0.385. The van der Waals surface area contributed by atoms with Gasteiger partial charge in [0.15, 0.2) is 5.82 Å². The van der Waals surface area contributed by atoms with Gasteiger partial charge in [0.25, 0.3) is 5.69 Å². The zero-order valence-electron chi connectivity index (χ0n) is 7.62. The molecular weight excluding hydrogens is 221 g/mol. The van der Waals surface area contributed by atoms with Crippen molar-refractivity contribution in [3.63, 3.8) is 0 Å². The number of tetrazole rings is 1. The Labute approximate surface area is 86.5 Å². The van der Waals surface area contributed by atoms with Gasteiger partial charge in [0.05, 0.1) is 11.0 Å². The van der Waals surface area contributed by atoms with Gasteiger partial charge in [0, 0.05) is 6.07 Å². The van der Waals surface area contributed by atoms with Gasteiger partial charge in [-0.1, -0.05) is 0 Å². The number of nitro groups is 1. The molecule has 1 aromatic heterocycles.